The maximum absolute atomic E-state index is 11.9. The molecule has 0 radical (unpaired) electrons. The van der Waals surface area contributed by atoms with E-state index in [2.05, 4.69) is 6.58 Å². The molecule has 7 atom stereocenters. The lowest BCUT2D eigenvalue weighted by Gasteiger charge is -2.44. The molecule has 110 valence electrons. The van der Waals surface area contributed by atoms with Crippen LogP contribution in [0.15, 0.2) is 12.2 Å². The average Bonchev–Trinajstić information content (AvgIpc) is 2.81. The molecule has 1 N–H and O–H groups in total. The minimum absolute atomic E-state index is 0.0561. The first-order chi connectivity index (χ1) is 9.21. The summed E-state index contributed by atoms with van der Waals surface area (Å²) in [5.74, 6) is -0.569. The molecule has 4 rings (SSSR count). The second kappa shape index (κ2) is 3.42. The molecule has 0 amide bonds. The van der Waals surface area contributed by atoms with Gasteiger partial charge in [0.1, 0.15) is 11.7 Å². The van der Waals surface area contributed by atoms with Crippen molar-refractivity contribution in [3.05, 3.63) is 12.2 Å². The van der Waals surface area contributed by atoms with Gasteiger partial charge in [-0.05, 0) is 33.1 Å². The number of esters is 1. The smallest absolute Gasteiger partial charge is 0.334 e. The Morgan fingerprint density at radius 2 is 2.15 bits per heavy atom. The number of hydrogen-bond donors (Lipinski definition) is 1. The zero-order valence-corrected chi connectivity index (χ0v) is 12.4. The van der Waals surface area contributed by atoms with Gasteiger partial charge in [0.2, 0.25) is 0 Å². The van der Waals surface area contributed by atoms with Crippen molar-refractivity contribution >= 4 is 17.6 Å². The van der Waals surface area contributed by atoms with Gasteiger partial charge in [-0.25, -0.2) is 4.79 Å². The molecule has 2 heterocycles. The summed E-state index contributed by atoms with van der Waals surface area (Å²) < 4.78 is 11.4. The van der Waals surface area contributed by atoms with E-state index in [9.17, 15) is 9.90 Å². The summed E-state index contributed by atoms with van der Waals surface area (Å²) in [6, 6.07) is 0. The monoisotopic (exact) mass is 298 g/mol. The molecule has 4 aliphatic rings. The summed E-state index contributed by atoms with van der Waals surface area (Å²) in [4.78, 5) is 11.1. The van der Waals surface area contributed by atoms with Crippen molar-refractivity contribution in [2.24, 2.45) is 11.8 Å². The fourth-order valence-electron chi connectivity index (χ4n) is 4.70. The van der Waals surface area contributed by atoms with E-state index < -0.39 is 10.5 Å². The molecule has 0 aromatic rings. The molecular formula is C15H19ClO4. The van der Waals surface area contributed by atoms with Crippen LogP contribution >= 0.6 is 11.6 Å². The van der Waals surface area contributed by atoms with Crippen LogP contribution in [0.3, 0.4) is 0 Å². The highest BCUT2D eigenvalue weighted by molar-refractivity contribution is 6.25. The zero-order valence-electron chi connectivity index (χ0n) is 11.7. The molecule has 2 saturated heterocycles. The van der Waals surface area contributed by atoms with E-state index in [0.717, 1.165) is 0 Å². The van der Waals surface area contributed by atoms with E-state index in [4.69, 9.17) is 21.1 Å². The third kappa shape index (κ3) is 1.29. The van der Waals surface area contributed by atoms with E-state index in [-0.39, 0.29) is 35.6 Å². The maximum atomic E-state index is 11.9. The standard InChI is InChI=1S/C15H19ClO4/c1-7-8-4-5-13(2,18)15(16)6-9-14(3,20-9)11(15)10(8)19-12(7)17/h8-11,18H,1,4-6H2,2-3H3/t8?,9?,10?,11?,13-,14+,15+/m1/s1. The molecule has 0 aromatic heterocycles. The van der Waals surface area contributed by atoms with Gasteiger partial charge in [0.05, 0.1) is 22.5 Å². The number of carbonyl (C=O) groups is 1. The Balaban J connectivity index is 1.84. The van der Waals surface area contributed by atoms with Gasteiger partial charge in [0.25, 0.3) is 0 Å². The fourth-order valence-corrected chi connectivity index (χ4v) is 5.27. The Hall–Kier alpha value is -0.580. The number of ether oxygens (including phenoxy) is 2. The molecule has 5 heteroatoms. The van der Waals surface area contributed by atoms with E-state index in [1.54, 1.807) is 6.92 Å². The third-order valence-electron chi connectivity index (χ3n) is 6.09. The molecular weight excluding hydrogens is 280 g/mol. The van der Waals surface area contributed by atoms with E-state index in [1.165, 1.54) is 0 Å². The van der Waals surface area contributed by atoms with Crippen molar-refractivity contribution < 1.29 is 19.4 Å². The van der Waals surface area contributed by atoms with E-state index in [0.29, 0.717) is 24.8 Å². The van der Waals surface area contributed by atoms with Crippen molar-refractivity contribution in [1.82, 2.24) is 0 Å². The molecule has 2 saturated carbocycles. The first kappa shape index (κ1) is 13.1. The highest BCUT2D eigenvalue weighted by Gasteiger charge is 2.79. The largest absolute Gasteiger partial charge is 0.458 e. The Labute approximate surface area is 123 Å². The average molecular weight is 299 g/mol. The van der Waals surface area contributed by atoms with Crippen molar-refractivity contribution in [3.8, 4) is 0 Å². The first-order valence-corrected chi connectivity index (χ1v) is 7.57. The van der Waals surface area contributed by atoms with Gasteiger partial charge < -0.3 is 14.6 Å². The lowest BCUT2D eigenvalue weighted by atomic mass is 9.74. The predicted octanol–water partition coefficient (Wildman–Crippen LogP) is 1.78. The van der Waals surface area contributed by atoms with Crippen LogP contribution in [0.1, 0.15) is 33.1 Å². The number of epoxide rings is 1. The minimum Gasteiger partial charge on any atom is -0.458 e. The highest BCUT2D eigenvalue weighted by atomic mass is 35.5. The normalized spacial score (nSPS) is 60.4. The van der Waals surface area contributed by atoms with Crippen LogP contribution in [0.2, 0.25) is 0 Å². The topological polar surface area (TPSA) is 59.1 Å². The molecule has 2 aliphatic carbocycles. The Morgan fingerprint density at radius 3 is 2.85 bits per heavy atom. The Bertz CT molecular complexity index is 530. The van der Waals surface area contributed by atoms with Crippen LogP contribution in [0.4, 0.5) is 0 Å². The molecule has 0 spiro atoms. The molecule has 4 unspecified atom stereocenters. The summed E-state index contributed by atoms with van der Waals surface area (Å²) in [5.41, 5.74) is -0.862. The predicted molar refractivity (Wildman–Crippen MR) is 72.3 cm³/mol. The number of rotatable bonds is 0. The molecule has 20 heavy (non-hydrogen) atoms. The van der Waals surface area contributed by atoms with Gasteiger partial charge in [-0.2, -0.15) is 0 Å². The van der Waals surface area contributed by atoms with Crippen LogP contribution in [0.5, 0.6) is 0 Å². The third-order valence-corrected chi connectivity index (χ3v) is 6.88. The van der Waals surface area contributed by atoms with Gasteiger partial charge in [0, 0.05) is 11.5 Å². The lowest BCUT2D eigenvalue weighted by Crippen LogP contribution is -2.56. The zero-order chi connectivity index (χ0) is 14.5. The van der Waals surface area contributed by atoms with Crippen molar-refractivity contribution in [1.29, 1.82) is 0 Å². The van der Waals surface area contributed by atoms with E-state index >= 15 is 0 Å². The van der Waals surface area contributed by atoms with Gasteiger partial charge in [0.15, 0.2) is 0 Å². The van der Waals surface area contributed by atoms with E-state index in [1.807, 2.05) is 6.92 Å². The van der Waals surface area contributed by atoms with Gasteiger partial charge in [-0.3, -0.25) is 0 Å². The summed E-state index contributed by atoms with van der Waals surface area (Å²) in [6.07, 6.45) is 1.57. The quantitative estimate of drug-likeness (QED) is 0.320. The fraction of sp³-hybridized carbons (Fsp3) is 0.800. The molecule has 0 aromatic carbocycles. The molecule has 0 bridgehead atoms. The SMILES string of the molecule is C=C1C(=O)OC2C1CC[C@@](C)(O)[C@]1(Cl)CC3O[C@]3(C)C21. The van der Waals surface area contributed by atoms with Crippen LogP contribution in [-0.2, 0) is 14.3 Å². The van der Waals surface area contributed by atoms with Crippen LogP contribution in [-0.4, -0.2) is 39.4 Å². The Kier molecular flexibility index (Phi) is 2.24. The number of hydrogen-bond acceptors (Lipinski definition) is 4. The van der Waals surface area contributed by atoms with Crippen molar-refractivity contribution in [2.75, 3.05) is 0 Å². The molecule has 4 fully saturated rings. The number of aliphatic hydroxyl groups is 1. The van der Waals surface area contributed by atoms with Gasteiger partial charge in [-0.15, -0.1) is 11.6 Å². The number of fused-ring (bicyclic) bond motifs is 5. The first-order valence-electron chi connectivity index (χ1n) is 7.19. The number of carbonyl (C=O) groups excluding carboxylic acids is 1. The van der Waals surface area contributed by atoms with Crippen molar-refractivity contribution in [3.63, 3.8) is 0 Å². The number of halogens is 1. The van der Waals surface area contributed by atoms with Crippen LogP contribution < -0.4 is 0 Å². The lowest BCUT2D eigenvalue weighted by molar-refractivity contribution is -0.144. The van der Waals surface area contributed by atoms with Crippen LogP contribution in [0, 0.1) is 11.8 Å². The second-order valence-corrected chi connectivity index (χ2v) is 7.82. The van der Waals surface area contributed by atoms with Crippen molar-refractivity contribution in [2.45, 2.75) is 61.4 Å². The summed E-state index contributed by atoms with van der Waals surface area (Å²) >= 11 is 6.89. The maximum Gasteiger partial charge on any atom is 0.334 e. The summed E-state index contributed by atoms with van der Waals surface area (Å²) in [6.45, 7) is 7.68. The number of alkyl halides is 1. The van der Waals surface area contributed by atoms with Gasteiger partial charge >= 0.3 is 5.97 Å². The molecule has 4 nitrogen and oxygen atoms in total. The molecule has 2 aliphatic heterocycles. The minimum atomic E-state index is -0.990. The Morgan fingerprint density at radius 1 is 1.45 bits per heavy atom. The summed E-state index contributed by atoms with van der Waals surface area (Å²) in [7, 11) is 0. The van der Waals surface area contributed by atoms with Gasteiger partial charge in [-0.1, -0.05) is 6.58 Å². The van der Waals surface area contributed by atoms with Crippen LogP contribution in [0.25, 0.3) is 0 Å². The summed E-state index contributed by atoms with van der Waals surface area (Å²) in [5, 5.41) is 10.9. The highest BCUT2D eigenvalue weighted by Crippen LogP contribution is 2.68. The second-order valence-electron chi connectivity index (χ2n) is 7.15.